The first kappa shape index (κ1) is 17.1. The van der Waals surface area contributed by atoms with E-state index in [0.717, 1.165) is 6.20 Å². The predicted octanol–water partition coefficient (Wildman–Crippen LogP) is 4.27. The Balaban J connectivity index is 2.16. The zero-order chi connectivity index (χ0) is 17.0. The Hall–Kier alpha value is -2.29. The second kappa shape index (κ2) is 7.32. The first-order valence-corrected chi connectivity index (χ1v) is 7.24. The summed E-state index contributed by atoms with van der Waals surface area (Å²) in [5.41, 5.74) is 0.864. The number of benzene rings is 1. The average Bonchev–Trinajstić information content (AvgIpc) is 2.46. The number of nitrogens with zero attached hydrogens (tertiary/aromatic N) is 2. The lowest BCUT2D eigenvalue weighted by Crippen LogP contribution is -2.08. The van der Waals surface area contributed by atoms with Crippen LogP contribution < -0.4 is 10.1 Å². The molecule has 0 atom stereocenters. The molecule has 0 fully saturated rings. The van der Waals surface area contributed by atoms with Gasteiger partial charge in [-0.2, -0.15) is 8.78 Å². The van der Waals surface area contributed by atoms with Crippen molar-refractivity contribution in [2.24, 2.45) is 0 Å². The van der Waals surface area contributed by atoms with Gasteiger partial charge in [0.25, 0.3) is 5.69 Å². The fourth-order valence-corrected chi connectivity index (χ4v) is 2.33. The Labute approximate surface area is 138 Å². The van der Waals surface area contributed by atoms with Crippen molar-refractivity contribution in [2.45, 2.75) is 20.1 Å². The highest BCUT2D eigenvalue weighted by Gasteiger charge is 2.13. The Morgan fingerprint density at radius 2 is 2.17 bits per heavy atom. The van der Waals surface area contributed by atoms with Gasteiger partial charge in [-0.1, -0.05) is 15.9 Å². The molecule has 1 N–H and O–H groups in total. The molecule has 0 aliphatic carbocycles. The number of anilines is 1. The Bertz CT molecular complexity index is 728. The van der Waals surface area contributed by atoms with E-state index in [1.165, 1.54) is 12.1 Å². The van der Waals surface area contributed by atoms with E-state index in [1.807, 2.05) is 0 Å². The largest absolute Gasteiger partial charge is 0.434 e. The van der Waals surface area contributed by atoms with E-state index in [-0.39, 0.29) is 18.0 Å². The molecule has 0 saturated heterocycles. The van der Waals surface area contributed by atoms with Crippen LogP contribution in [0, 0.1) is 17.0 Å². The van der Waals surface area contributed by atoms with Gasteiger partial charge in [-0.05, 0) is 31.2 Å². The normalized spacial score (nSPS) is 10.7. The number of hydrogen-bond donors (Lipinski definition) is 1. The second-order valence-corrected chi connectivity index (χ2v) is 5.51. The van der Waals surface area contributed by atoms with Gasteiger partial charge in [0.1, 0.15) is 17.8 Å². The molecule has 0 spiro atoms. The number of rotatable bonds is 6. The summed E-state index contributed by atoms with van der Waals surface area (Å²) in [6, 6.07) is 6.18. The zero-order valence-corrected chi connectivity index (χ0v) is 13.5. The van der Waals surface area contributed by atoms with Crippen molar-refractivity contribution in [1.82, 2.24) is 4.98 Å². The minimum Gasteiger partial charge on any atom is -0.434 e. The Kier molecular flexibility index (Phi) is 5.43. The van der Waals surface area contributed by atoms with E-state index in [9.17, 15) is 18.9 Å². The third-order valence-corrected chi connectivity index (χ3v) is 3.47. The summed E-state index contributed by atoms with van der Waals surface area (Å²) < 4.78 is 30.0. The monoisotopic (exact) mass is 387 g/mol. The standard InChI is InChI=1S/C14H12BrF2N3O3/c1-8-4-13(19-7-11(8)20(21)22)18-6-9-5-10(15)2-3-12(9)23-14(16)17/h2-5,7,14H,6H2,1H3,(H,18,19). The first-order valence-electron chi connectivity index (χ1n) is 6.45. The van der Waals surface area contributed by atoms with Gasteiger partial charge in [0, 0.05) is 22.1 Å². The summed E-state index contributed by atoms with van der Waals surface area (Å²) in [5, 5.41) is 13.7. The van der Waals surface area contributed by atoms with Gasteiger partial charge in [0.05, 0.1) is 4.92 Å². The van der Waals surface area contributed by atoms with Crippen LogP contribution in [0.4, 0.5) is 20.3 Å². The van der Waals surface area contributed by atoms with Gasteiger partial charge in [-0.15, -0.1) is 0 Å². The molecule has 0 saturated carbocycles. The molecule has 0 bridgehead atoms. The minimum absolute atomic E-state index is 0.0503. The molecular formula is C14H12BrF2N3O3. The van der Waals surface area contributed by atoms with Crippen molar-refractivity contribution in [1.29, 1.82) is 0 Å². The second-order valence-electron chi connectivity index (χ2n) is 4.60. The van der Waals surface area contributed by atoms with Gasteiger partial charge in [-0.25, -0.2) is 4.98 Å². The SMILES string of the molecule is Cc1cc(NCc2cc(Br)ccc2OC(F)F)ncc1[N+](=O)[O-]. The summed E-state index contributed by atoms with van der Waals surface area (Å²) in [6.07, 6.45) is 1.15. The molecule has 0 aliphatic rings. The fourth-order valence-electron chi connectivity index (χ4n) is 1.92. The van der Waals surface area contributed by atoms with Crippen LogP contribution in [-0.4, -0.2) is 16.5 Å². The maximum Gasteiger partial charge on any atom is 0.387 e. The molecule has 1 aromatic carbocycles. The van der Waals surface area contributed by atoms with Gasteiger partial charge < -0.3 is 10.1 Å². The lowest BCUT2D eigenvalue weighted by Gasteiger charge is -2.12. The average molecular weight is 388 g/mol. The number of hydrogen-bond acceptors (Lipinski definition) is 5. The van der Waals surface area contributed by atoms with E-state index in [1.54, 1.807) is 19.1 Å². The number of nitrogens with one attached hydrogen (secondary N) is 1. The molecule has 0 aliphatic heterocycles. The molecule has 0 amide bonds. The molecule has 122 valence electrons. The van der Waals surface area contributed by atoms with E-state index < -0.39 is 11.5 Å². The highest BCUT2D eigenvalue weighted by molar-refractivity contribution is 9.10. The number of alkyl halides is 2. The van der Waals surface area contributed by atoms with E-state index in [2.05, 4.69) is 31.0 Å². The van der Waals surface area contributed by atoms with Crippen LogP contribution in [0.5, 0.6) is 5.75 Å². The number of pyridine rings is 1. The Morgan fingerprint density at radius 3 is 2.78 bits per heavy atom. The van der Waals surface area contributed by atoms with Crippen LogP contribution >= 0.6 is 15.9 Å². The topological polar surface area (TPSA) is 77.3 Å². The van der Waals surface area contributed by atoms with Gasteiger partial charge in [-0.3, -0.25) is 10.1 Å². The van der Waals surface area contributed by atoms with Crippen molar-refractivity contribution in [3.63, 3.8) is 0 Å². The molecule has 2 rings (SSSR count). The van der Waals surface area contributed by atoms with E-state index in [0.29, 0.717) is 21.4 Å². The minimum atomic E-state index is -2.92. The number of ether oxygens (including phenoxy) is 1. The van der Waals surface area contributed by atoms with Gasteiger partial charge in [0.2, 0.25) is 0 Å². The maximum atomic E-state index is 12.4. The van der Waals surface area contributed by atoms with Crippen LogP contribution in [0.1, 0.15) is 11.1 Å². The number of nitro groups is 1. The van der Waals surface area contributed by atoms with Crippen molar-refractivity contribution >= 4 is 27.4 Å². The fraction of sp³-hybridized carbons (Fsp3) is 0.214. The Morgan fingerprint density at radius 1 is 1.43 bits per heavy atom. The van der Waals surface area contributed by atoms with E-state index in [4.69, 9.17) is 0 Å². The van der Waals surface area contributed by atoms with Crippen LogP contribution in [0.25, 0.3) is 0 Å². The third-order valence-electron chi connectivity index (χ3n) is 2.98. The lowest BCUT2D eigenvalue weighted by atomic mass is 10.2. The summed E-state index contributed by atoms with van der Waals surface area (Å²) in [4.78, 5) is 14.2. The molecular weight excluding hydrogens is 376 g/mol. The van der Waals surface area contributed by atoms with Gasteiger partial charge in [0.15, 0.2) is 0 Å². The highest BCUT2D eigenvalue weighted by Crippen LogP contribution is 2.26. The predicted molar refractivity (Wildman–Crippen MR) is 83.7 cm³/mol. The van der Waals surface area contributed by atoms with Crippen molar-refractivity contribution in [3.8, 4) is 5.75 Å². The molecule has 0 unspecified atom stereocenters. The van der Waals surface area contributed by atoms with Crippen molar-refractivity contribution < 1.29 is 18.4 Å². The zero-order valence-electron chi connectivity index (χ0n) is 11.9. The first-order chi connectivity index (χ1) is 10.9. The van der Waals surface area contributed by atoms with Gasteiger partial charge >= 0.3 is 6.61 Å². The summed E-state index contributed by atoms with van der Waals surface area (Å²) >= 11 is 3.26. The molecule has 1 aromatic heterocycles. The molecule has 6 nitrogen and oxygen atoms in total. The maximum absolute atomic E-state index is 12.4. The summed E-state index contributed by atoms with van der Waals surface area (Å²) in [5.74, 6) is 0.449. The smallest absolute Gasteiger partial charge is 0.387 e. The van der Waals surface area contributed by atoms with Crippen molar-refractivity contribution in [3.05, 3.63) is 56.2 Å². The number of aromatic nitrogens is 1. The molecule has 1 heterocycles. The molecule has 9 heteroatoms. The van der Waals surface area contributed by atoms with E-state index >= 15 is 0 Å². The van der Waals surface area contributed by atoms with Crippen LogP contribution in [-0.2, 0) is 6.54 Å². The van der Waals surface area contributed by atoms with Crippen molar-refractivity contribution in [2.75, 3.05) is 5.32 Å². The number of aryl methyl sites for hydroxylation is 1. The quantitative estimate of drug-likeness (QED) is 0.591. The molecule has 0 radical (unpaired) electrons. The molecule has 23 heavy (non-hydrogen) atoms. The van der Waals surface area contributed by atoms with Crippen LogP contribution in [0.3, 0.4) is 0 Å². The molecule has 2 aromatic rings. The summed E-state index contributed by atoms with van der Waals surface area (Å²) in [6.45, 7) is -1.16. The highest BCUT2D eigenvalue weighted by atomic mass is 79.9. The number of halogens is 3. The third kappa shape index (κ3) is 4.59. The van der Waals surface area contributed by atoms with Crippen LogP contribution in [0.15, 0.2) is 34.9 Å². The van der Waals surface area contributed by atoms with Crippen LogP contribution in [0.2, 0.25) is 0 Å². The lowest BCUT2D eigenvalue weighted by molar-refractivity contribution is -0.385. The summed E-state index contributed by atoms with van der Waals surface area (Å²) in [7, 11) is 0.